The van der Waals surface area contributed by atoms with Crippen LogP contribution in [0.3, 0.4) is 0 Å². The van der Waals surface area contributed by atoms with Gasteiger partial charge in [0.2, 0.25) is 0 Å². The summed E-state index contributed by atoms with van der Waals surface area (Å²) in [6.07, 6.45) is -3.84. The number of anilines is 1. The highest BCUT2D eigenvalue weighted by Crippen LogP contribution is 2.35. The lowest BCUT2D eigenvalue weighted by molar-refractivity contribution is -0.136. The summed E-state index contributed by atoms with van der Waals surface area (Å²) in [5.41, 5.74) is -0.920. The van der Waals surface area contributed by atoms with Crippen LogP contribution in [0.1, 0.15) is 22.3 Å². The van der Waals surface area contributed by atoms with Crippen molar-refractivity contribution in [3.63, 3.8) is 0 Å². The van der Waals surface area contributed by atoms with E-state index in [2.05, 4.69) is 10.6 Å². The number of carbonyl (C=O) groups excluding carboxylic acids is 1. The second-order valence-electron chi connectivity index (χ2n) is 4.54. The van der Waals surface area contributed by atoms with Gasteiger partial charge in [-0.15, -0.1) is 0 Å². The Labute approximate surface area is 114 Å². The minimum Gasteiger partial charge on any atom is -0.388 e. The summed E-state index contributed by atoms with van der Waals surface area (Å²) in [4.78, 5) is 11.9. The van der Waals surface area contributed by atoms with E-state index in [4.69, 9.17) is 4.74 Å². The fourth-order valence-electron chi connectivity index (χ4n) is 2.06. The molecule has 1 aromatic rings. The van der Waals surface area contributed by atoms with Crippen LogP contribution in [0.2, 0.25) is 0 Å². The molecule has 2 N–H and O–H groups in total. The van der Waals surface area contributed by atoms with Crippen molar-refractivity contribution in [3.8, 4) is 0 Å². The lowest BCUT2D eigenvalue weighted by Gasteiger charge is -2.15. The molecule has 0 aromatic heterocycles. The van der Waals surface area contributed by atoms with Crippen LogP contribution in [-0.2, 0) is 10.9 Å². The maximum Gasteiger partial charge on any atom is 0.418 e. The number of carbonyl (C=O) groups is 1. The number of rotatable bonds is 3. The Morgan fingerprint density at radius 2 is 2.15 bits per heavy atom. The van der Waals surface area contributed by atoms with E-state index in [9.17, 15) is 18.0 Å². The van der Waals surface area contributed by atoms with Gasteiger partial charge in [0.15, 0.2) is 0 Å². The van der Waals surface area contributed by atoms with Gasteiger partial charge in [-0.1, -0.05) is 0 Å². The first-order valence-electron chi connectivity index (χ1n) is 6.19. The molecule has 0 aliphatic carbocycles. The monoisotopic (exact) mass is 288 g/mol. The van der Waals surface area contributed by atoms with E-state index in [-0.39, 0.29) is 17.3 Å². The quantitative estimate of drug-likeness (QED) is 0.897. The number of nitrogens with one attached hydrogen (secondary N) is 2. The summed E-state index contributed by atoms with van der Waals surface area (Å²) in [7, 11) is 1.40. The molecule has 110 valence electrons. The Morgan fingerprint density at radius 3 is 2.70 bits per heavy atom. The van der Waals surface area contributed by atoms with Crippen molar-refractivity contribution in [1.82, 2.24) is 5.32 Å². The molecule has 1 atom stereocenters. The fraction of sp³-hybridized carbons (Fsp3) is 0.462. The molecule has 1 fully saturated rings. The standard InChI is InChI=1S/C13H15F3N2O2/c1-17-11-3-2-8(6-10(11)13(14,15)16)12(19)18-9-4-5-20-7-9/h2-3,6,9,17H,4-5,7H2,1H3,(H,18,19). The van der Waals surface area contributed by atoms with Crippen LogP contribution >= 0.6 is 0 Å². The van der Waals surface area contributed by atoms with Crippen molar-refractivity contribution >= 4 is 11.6 Å². The number of hydrogen-bond donors (Lipinski definition) is 2. The van der Waals surface area contributed by atoms with Gasteiger partial charge in [-0.05, 0) is 24.6 Å². The maximum absolute atomic E-state index is 12.9. The summed E-state index contributed by atoms with van der Waals surface area (Å²) in [5, 5.41) is 5.13. The second kappa shape index (κ2) is 5.70. The van der Waals surface area contributed by atoms with Gasteiger partial charge in [0.05, 0.1) is 18.2 Å². The molecule has 0 bridgehead atoms. The van der Waals surface area contributed by atoms with Crippen LogP contribution in [0, 0.1) is 0 Å². The molecule has 1 heterocycles. The van der Waals surface area contributed by atoms with Crippen LogP contribution < -0.4 is 10.6 Å². The fourth-order valence-corrected chi connectivity index (χ4v) is 2.06. The molecule has 1 unspecified atom stereocenters. The van der Waals surface area contributed by atoms with Crippen molar-refractivity contribution in [2.24, 2.45) is 0 Å². The van der Waals surface area contributed by atoms with Crippen molar-refractivity contribution in [2.45, 2.75) is 18.6 Å². The Balaban J connectivity index is 2.21. The van der Waals surface area contributed by atoms with Crippen LogP contribution in [0.25, 0.3) is 0 Å². The third kappa shape index (κ3) is 3.22. The highest BCUT2D eigenvalue weighted by Gasteiger charge is 2.34. The summed E-state index contributed by atoms with van der Waals surface area (Å²) < 4.78 is 43.8. The first-order valence-corrected chi connectivity index (χ1v) is 6.19. The van der Waals surface area contributed by atoms with Crippen LogP contribution in [0.15, 0.2) is 18.2 Å². The Hall–Kier alpha value is -1.76. The van der Waals surface area contributed by atoms with Gasteiger partial charge in [0.1, 0.15) is 0 Å². The minimum absolute atomic E-state index is 0.0109. The second-order valence-corrected chi connectivity index (χ2v) is 4.54. The van der Waals surface area contributed by atoms with Gasteiger partial charge >= 0.3 is 6.18 Å². The number of alkyl halides is 3. The zero-order chi connectivity index (χ0) is 14.8. The lowest BCUT2D eigenvalue weighted by atomic mass is 10.1. The molecule has 0 saturated carbocycles. The van der Waals surface area contributed by atoms with Gasteiger partial charge in [-0.2, -0.15) is 13.2 Å². The van der Waals surface area contributed by atoms with Gasteiger partial charge in [-0.3, -0.25) is 4.79 Å². The average molecular weight is 288 g/mol. The molecule has 2 rings (SSSR count). The zero-order valence-corrected chi connectivity index (χ0v) is 10.9. The minimum atomic E-state index is -4.51. The van der Waals surface area contributed by atoms with Crippen LogP contribution in [0.5, 0.6) is 0 Å². The smallest absolute Gasteiger partial charge is 0.388 e. The highest BCUT2D eigenvalue weighted by molar-refractivity contribution is 5.95. The Bertz CT molecular complexity index is 497. The first kappa shape index (κ1) is 14.6. The molecule has 1 aliphatic heterocycles. The van der Waals surface area contributed by atoms with Gasteiger partial charge < -0.3 is 15.4 Å². The first-order chi connectivity index (χ1) is 9.41. The molecule has 20 heavy (non-hydrogen) atoms. The van der Waals surface area contributed by atoms with Crippen LogP contribution in [-0.4, -0.2) is 32.2 Å². The highest BCUT2D eigenvalue weighted by atomic mass is 19.4. The molecular weight excluding hydrogens is 273 g/mol. The molecule has 0 radical (unpaired) electrons. The van der Waals surface area contributed by atoms with Gasteiger partial charge in [-0.25, -0.2) is 0 Å². The number of benzene rings is 1. The molecule has 7 heteroatoms. The van der Waals surface area contributed by atoms with E-state index in [1.54, 1.807) is 0 Å². The predicted molar refractivity (Wildman–Crippen MR) is 67.7 cm³/mol. The summed E-state index contributed by atoms with van der Waals surface area (Å²) in [6, 6.07) is 3.34. The average Bonchev–Trinajstić information content (AvgIpc) is 2.89. The van der Waals surface area contributed by atoms with E-state index in [1.807, 2.05) is 0 Å². The predicted octanol–water partition coefficient (Wildman–Crippen LogP) is 2.27. The summed E-state index contributed by atoms with van der Waals surface area (Å²) in [5.74, 6) is -0.520. The largest absolute Gasteiger partial charge is 0.418 e. The molecular formula is C13H15F3N2O2. The normalized spacial score (nSPS) is 18.9. The molecule has 1 aliphatic rings. The maximum atomic E-state index is 12.9. The van der Waals surface area contributed by atoms with Crippen molar-refractivity contribution < 1.29 is 22.7 Å². The summed E-state index contributed by atoms with van der Waals surface area (Å²) in [6.45, 7) is 0.948. The van der Waals surface area contributed by atoms with Crippen molar-refractivity contribution in [1.29, 1.82) is 0 Å². The topological polar surface area (TPSA) is 50.4 Å². The van der Waals surface area contributed by atoms with Gasteiger partial charge in [0.25, 0.3) is 5.91 Å². The van der Waals surface area contributed by atoms with Gasteiger partial charge in [0, 0.05) is 24.9 Å². The van der Waals surface area contributed by atoms with E-state index < -0.39 is 17.6 Å². The SMILES string of the molecule is CNc1ccc(C(=O)NC2CCOC2)cc1C(F)(F)F. The van der Waals surface area contributed by atoms with E-state index in [0.717, 1.165) is 6.07 Å². The third-order valence-electron chi connectivity index (χ3n) is 3.12. The number of ether oxygens (including phenoxy) is 1. The number of hydrogen-bond acceptors (Lipinski definition) is 3. The van der Waals surface area contributed by atoms with Crippen LogP contribution in [0.4, 0.5) is 18.9 Å². The zero-order valence-electron chi connectivity index (χ0n) is 10.9. The van der Waals surface area contributed by atoms with E-state index in [0.29, 0.717) is 19.6 Å². The molecule has 4 nitrogen and oxygen atoms in total. The van der Waals surface area contributed by atoms with E-state index in [1.165, 1.54) is 19.2 Å². The third-order valence-corrected chi connectivity index (χ3v) is 3.12. The molecule has 0 spiro atoms. The Kier molecular flexibility index (Phi) is 4.17. The molecule has 1 saturated heterocycles. The number of halogens is 3. The molecule has 1 amide bonds. The lowest BCUT2D eigenvalue weighted by Crippen LogP contribution is -2.35. The summed E-state index contributed by atoms with van der Waals surface area (Å²) >= 11 is 0. The van der Waals surface area contributed by atoms with Crippen molar-refractivity contribution in [2.75, 3.05) is 25.6 Å². The Morgan fingerprint density at radius 1 is 1.40 bits per heavy atom. The number of amides is 1. The van der Waals surface area contributed by atoms with Crippen molar-refractivity contribution in [3.05, 3.63) is 29.3 Å². The molecule has 1 aromatic carbocycles. The van der Waals surface area contributed by atoms with E-state index >= 15 is 0 Å².